The first kappa shape index (κ1) is 30.8. The Bertz CT molecular complexity index is 1490. The molecule has 0 aliphatic carbocycles. The molecule has 2 aromatic carbocycles. The average molecular weight is 583 g/mol. The molecule has 2 atom stereocenters. The van der Waals surface area contributed by atoms with Gasteiger partial charge in [0.1, 0.15) is 35.5 Å². The van der Waals surface area contributed by atoms with E-state index in [9.17, 15) is 18.0 Å². The summed E-state index contributed by atoms with van der Waals surface area (Å²) in [5.74, 6) is -0.337. The van der Waals surface area contributed by atoms with Crippen LogP contribution in [0.3, 0.4) is 0 Å². The number of nitrogens with zero attached hydrogens (tertiary/aromatic N) is 4. The van der Waals surface area contributed by atoms with Crippen LogP contribution < -0.4 is 11.1 Å². The average Bonchev–Trinajstić information content (AvgIpc) is 3.49. The minimum atomic E-state index is -0.777. The summed E-state index contributed by atoms with van der Waals surface area (Å²) in [5, 5.41) is 6.82. The number of nitrogens with one attached hydrogen (secondary N) is 1. The molecule has 3 N–H and O–H groups in total. The molecule has 0 aliphatic heterocycles. The number of rotatable bonds is 10. The number of alkyl halides is 1. The number of anilines is 1. The van der Waals surface area contributed by atoms with Gasteiger partial charge in [0, 0.05) is 30.9 Å². The third-order valence-electron chi connectivity index (χ3n) is 7.05. The summed E-state index contributed by atoms with van der Waals surface area (Å²) in [4.78, 5) is 20.4. The summed E-state index contributed by atoms with van der Waals surface area (Å²) in [6.07, 6.45) is 1.85. The topological polar surface area (TPSA) is 102 Å². The number of carbonyl (C=O) groups excluding carboxylic acids is 1. The number of aryl methyl sites for hydroxylation is 2. The fourth-order valence-corrected chi connectivity index (χ4v) is 4.94. The van der Waals surface area contributed by atoms with Gasteiger partial charge in [-0.1, -0.05) is 56.3 Å². The van der Waals surface area contributed by atoms with Crippen molar-refractivity contribution in [2.75, 3.05) is 18.5 Å². The number of hydrogen-bond donors (Lipinski definition) is 2. The maximum Gasteiger partial charge on any atom is 0.322 e. The molecule has 0 saturated carbocycles. The molecular weight excluding hydrogens is 545 g/mol. The first-order valence-corrected chi connectivity index (χ1v) is 13.8. The number of amides is 2. The molecular formula is C31H37F3N6O2. The molecule has 8 nitrogen and oxygen atoms in total. The summed E-state index contributed by atoms with van der Waals surface area (Å²) in [5.41, 5.74) is 7.43. The van der Waals surface area contributed by atoms with Crippen LogP contribution in [0.15, 0.2) is 59.3 Å². The van der Waals surface area contributed by atoms with Crippen molar-refractivity contribution in [1.82, 2.24) is 19.6 Å². The Balaban J connectivity index is 1.87. The molecule has 2 heterocycles. The van der Waals surface area contributed by atoms with Crippen LogP contribution in [-0.2, 0) is 6.54 Å². The Labute approximate surface area is 243 Å². The number of aromatic nitrogens is 3. The van der Waals surface area contributed by atoms with E-state index in [0.29, 0.717) is 29.5 Å². The molecule has 42 heavy (non-hydrogen) atoms. The van der Waals surface area contributed by atoms with Gasteiger partial charge in [-0.25, -0.2) is 22.9 Å². The quantitative estimate of drug-likeness (QED) is 0.214. The second-order valence-electron chi connectivity index (χ2n) is 11.5. The Morgan fingerprint density at radius 1 is 1.14 bits per heavy atom. The number of halogens is 3. The van der Waals surface area contributed by atoms with Gasteiger partial charge < -0.3 is 25.0 Å². The summed E-state index contributed by atoms with van der Waals surface area (Å²) < 4.78 is 49.6. The molecule has 2 aromatic heterocycles. The zero-order valence-electron chi connectivity index (χ0n) is 24.5. The lowest BCUT2D eigenvalue weighted by atomic mass is 9.84. The van der Waals surface area contributed by atoms with Crippen molar-refractivity contribution in [3.8, 4) is 11.3 Å². The highest BCUT2D eigenvalue weighted by atomic mass is 19.1. The predicted molar refractivity (Wildman–Crippen MR) is 156 cm³/mol. The highest BCUT2D eigenvalue weighted by Gasteiger charge is 2.39. The Kier molecular flexibility index (Phi) is 9.40. The van der Waals surface area contributed by atoms with E-state index >= 15 is 0 Å². The zero-order valence-corrected chi connectivity index (χ0v) is 24.5. The van der Waals surface area contributed by atoms with Gasteiger partial charge in [-0.3, -0.25) is 0 Å². The normalized spacial score (nSPS) is 13.2. The van der Waals surface area contributed by atoms with Crippen LogP contribution in [0.1, 0.15) is 56.1 Å². The first-order valence-electron chi connectivity index (χ1n) is 13.8. The van der Waals surface area contributed by atoms with Crippen molar-refractivity contribution >= 4 is 11.7 Å². The molecule has 224 valence electrons. The highest BCUT2D eigenvalue weighted by molar-refractivity contribution is 5.90. The lowest BCUT2D eigenvalue weighted by Gasteiger charge is -2.40. The molecule has 1 unspecified atom stereocenters. The van der Waals surface area contributed by atoms with E-state index in [4.69, 9.17) is 15.2 Å². The van der Waals surface area contributed by atoms with Crippen LogP contribution in [0.5, 0.6) is 0 Å². The number of carbonyl (C=O) groups is 1. The lowest BCUT2D eigenvalue weighted by molar-refractivity contribution is 0.113. The predicted octanol–water partition coefficient (Wildman–Crippen LogP) is 6.79. The molecule has 11 heteroatoms. The van der Waals surface area contributed by atoms with Crippen molar-refractivity contribution in [3.05, 3.63) is 89.2 Å². The van der Waals surface area contributed by atoms with Gasteiger partial charge in [0.05, 0.1) is 11.7 Å². The Morgan fingerprint density at radius 3 is 2.48 bits per heavy atom. The van der Waals surface area contributed by atoms with Gasteiger partial charge >= 0.3 is 6.03 Å². The van der Waals surface area contributed by atoms with Crippen molar-refractivity contribution in [2.24, 2.45) is 11.1 Å². The number of hydrogen-bond acceptors (Lipinski definition) is 5. The number of nitrogens with two attached hydrogens (primary N) is 1. The molecule has 0 saturated heterocycles. The maximum atomic E-state index is 14.9. The van der Waals surface area contributed by atoms with E-state index in [1.165, 1.54) is 0 Å². The highest BCUT2D eigenvalue weighted by Crippen LogP contribution is 2.40. The smallest absolute Gasteiger partial charge is 0.322 e. The second kappa shape index (κ2) is 12.8. The van der Waals surface area contributed by atoms with Crippen LogP contribution in [-0.4, -0.2) is 44.9 Å². The molecule has 0 bridgehead atoms. The van der Waals surface area contributed by atoms with Crippen LogP contribution in [0.25, 0.3) is 11.3 Å². The zero-order chi connectivity index (χ0) is 30.6. The fraction of sp³-hybridized carbons (Fsp3) is 0.387. The molecule has 0 spiro atoms. The standard InChI is InChI=1S/C31H37F3N6O2/c1-19-27(20(2)42-38-19)37-30(41)40(14-13-23(35)16-32)28(31(3,4)5)29-36-26(24-15-22(33)11-12-25(24)34)18-39(29)17-21-9-7-6-8-10-21/h6-12,15,18,23,28H,13-14,16-17,35H2,1-5H3,(H,37,41)/t23?,28-/m0/s1. The van der Waals surface area contributed by atoms with Crippen molar-refractivity contribution < 1.29 is 22.5 Å². The second-order valence-corrected chi connectivity index (χ2v) is 11.5. The van der Waals surface area contributed by atoms with Crippen LogP contribution in [0.4, 0.5) is 23.7 Å². The van der Waals surface area contributed by atoms with Gasteiger partial charge in [0.15, 0.2) is 5.76 Å². The summed E-state index contributed by atoms with van der Waals surface area (Å²) in [7, 11) is 0. The Hall–Kier alpha value is -4.12. The summed E-state index contributed by atoms with van der Waals surface area (Å²) in [6.45, 7) is 8.97. The molecule has 4 rings (SSSR count). The third kappa shape index (κ3) is 7.02. The van der Waals surface area contributed by atoms with Crippen LogP contribution in [0, 0.1) is 30.9 Å². The third-order valence-corrected chi connectivity index (χ3v) is 7.05. The van der Waals surface area contributed by atoms with Gasteiger partial charge in [-0.15, -0.1) is 0 Å². The number of urea groups is 1. The monoisotopic (exact) mass is 582 g/mol. The van der Waals surface area contributed by atoms with E-state index in [1.54, 1.807) is 24.9 Å². The van der Waals surface area contributed by atoms with Crippen molar-refractivity contribution in [2.45, 2.75) is 59.7 Å². The van der Waals surface area contributed by atoms with Crippen LogP contribution >= 0.6 is 0 Å². The fourth-order valence-electron chi connectivity index (χ4n) is 4.94. The maximum absolute atomic E-state index is 14.9. The van der Waals surface area contributed by atoms with Gasteiger partial charge in [-0.2, -0.15) is 0 Å². The SMILES string of the molecule is Cc1noc(C)c1NC(=O)N(CCC(N)CF)[C@@H](c1nc(-c2cc(F)ccc2F)cn1Cc1ccccc1)C(C)(C)C. The summed E-state index contributed by atoms with van der Waals surface area (Å²) in [6, 6.07) is 10.9. The molecule has 2 amide bonds. The minimum Gasteiger partial charge on any atom is -0.359 e. The first-order chi connectivity index (χ1) is 19.9. The molecule has 4 aromatic rings. The van der Waals surface area contributed by atoms with Gasteiger partial charge in [0.2, 0.25) is 0 Å². The minimum absolute atomic E-state index is 0.00175. The van der Waals surface area contributed by atoms with E-state index < -0.39 is 41.8 Å². The van der Waals surface area contributed by atoms with E-state index in [2.05, 4.69) is 10.5 Å². The lowest BCUT2D eigenvalue weighted by Crippen LogP contribution is -2.46. The Morgan fingerprint density at radius 2 is 1.86 bits per heavy atom. The van der Waals surface area contributed by atoms with Gasteiger partial charge in [0.25, 0.3) is 0 Å². The van der Waals surface area contributed by atoms with E-state index in [1.807, 2.05) is 55.7 Å². The van der Waals surface area contributed by atoms with Crippen molar-refractivity contribution in [1.29, 1.82) is 0 Å². The van der Waals surface area contributed by atoms with Crippen LogP contribution in [0.2, 0.25) is 0 Å². The summed E-state index contributed by atoms with van der Waals surface area (Å²) >= 11 is 0. The van der Waals surface area contributed by atoms with E-state index in [0.717, 1.165) is 23.8 Å². The van der Waals surface area contributed by atoms with Crippen molar-refractivity contribution in [3.63, 3.8) is 0 Å². The number of imidazole rings is 1. The molecule has 0 aliphatic rings. The molecule has 0 radical (unpaired) electrons. The van der Waals surface area contributed by atoms with E-state index in [-0.39, 0.29) is 24.2 Å². The largest absolute Gasteiger partial charge is 0.359 e. The number of benzene rings is 2. The molecule has 0 fully saturated rings. The van der Waals surface area contributed by atoms with Gasteiger partial charge in [-0.05, 0) is 49.4 Å².